The first kappa shape index (κ1) is 19.3. The van der Waals surface area contributed by atoms with Crippen molar-refractivity contribution in [2.45, 2.75) is 52.1 Å². The van der Waals surface area contributed by atoms with Crippen molar-refractivity contribution < 1.29 is 4.79 Å². The summed E-state index contributed by atoms with van der Waals surface area (Å²) in [6.45, 7) is 6.94. The molecule has 1 saturated heterocycles. The minimum atomic E-state index is 0. The van der Waals surface area contributed by atoms with E-state index in [0.29, 0.717) is 29.4 Å². The van der Waals surface area contributed by atoms with Gasteiger partial charge in [0.2, 0.25) is 0 Å². The Morgan fingerprint density at radius 1 is 1.27 bits per heavy atom. The summed E-state index contributed by atoms with van der Waals surface area (Å²) in [5, 5.41) is 4.00. The van der Waals surface area contributed by atoms with Crippen molar-refractivity contribution in [3.63, 3.8) is 0 Å². The number of nitrogens with zero attached hydrogens (tertiary/aromatic N) is 3. The predicted octanol–water partition coefficient (Wildman–Crippen LogP) is 2.35. The van der Waals surface area contributed by atoms with Gasteiger partial charge in [0.1, 0.15) is 10.7 Å². The Kier molecular flexibility index (Phi) is 5.69. The molecule has 4 heterocycles. The predicted molar refractivity (Wildman–Crippen MR) is 107 cm³/mol. The lowest BCUT2D eigenvalue weighted by Gasteiger charge is -2.31. The van der Waals surface area contributed by atoms with Crippen LogP contribution in [0.3, 0.4) is 0 Å². The average molecular weight is 397 g/mol. The van der Waals surface area contributed by atoms with E-state index in [9.17, 15) is 9.59 Å². The lowest BCUT2D eigenvalue weighted by Crippen LogP contribution is -2.51. The minimum Gasteiger partial charge on any atom is -0.335 e. The molecule has 0 bridgehead atoms. The van der Waals surface area contributed by atoms with Crippen LogP contribution in [0.15, 0.2) is 4.79 Å². The maximum absolute atomic E-state index is 13.0. The van der Waals surface area contributed by atoms with Gasteiger partial charge in [-0.05, 0) is 32.3 Å². The Balaban J connectivity index is 0.00000196. The van der Waals surface area contributed by atoms with Gasteiger partial charge in [0, 0.05) is 38.6 Å². The van der Waals surface area contributed by atoms with E-state index in [1.807, 2.05) is 16.4 Å². The molecule has 26 heavy (non-hydrogen) atoms. The minimum absolute atomic E-state index is 0. The summed E-state index contributed by atoms with van der Waals surface area (Å²) in [4.78, 5) is 34.0. The monoisotopic (exact) mass is 396 g/mol. The van der Waals surface area contributed by atoms with Crippen LogP contribution in [0.1, 0.15) is 47.2 Å². The van der Waals surface area contributed by atoms with Crippen LogP contribution in [0.4, 0.5) is 0 Å². The number of nitrogens with one attached hydrogen (secondary N) is 1. The molecule has 1 amide bonds. The number of halogens is 1. The number of aromatic nitrogens is 2. The van der Waals surface area contributed by atoms with Crippen molar-refractivity contribution >= 4 is 39.9 Å². The highest BCUT2D eigenvalue weighted by molar-refractivity contribution is 7.20. The maximum atomic E-state index is 13.0. The number of aryl methyl sites for hydroxylation is 2. The molecule has 0 aliphatic carbocycles. The number of carbonyl (C=O) groups is 1. The van der Waals surface area contributed by atoms with Gasteiger partial charge in [0.15, 0.2) is 0 Å². The highest BCUT2D eigenvalue weighted by atomic mass is 35.5. The van der Waals surface area contributed by atoms with E-state index < -0.39 is 0 Å². The topological polar surface area (TPSA) is 67.2 Å². The second-order valence-corrected chi connectivity index (χ2v) is 8.14. The highest BCUT2D eigenvalue weighted by Crippen LogP contribution is 2.29. The largest absolute Gasteiger partial charge is 0.335 e. The normalized spacial score (nSPS) is 20.4. The van der Waals surface area contributed by atoms with Gasteiger partial charge in [-0.2, -0.15) is 0 Å². The number of thiophene rings is 1. The van der Waals surface area contributed by atoms with Crippen LogP contribution in [0.5, 0.6) is 0 Å². The van der Waals surface area contributed by atoms with E-state index in [0.717, 1.165) is 55.0 Å². The van der Waals surface area contributed by atoms with Crippen molar-refractivity contribution in [3.8, 4) is 0 Å². The molecule has 2 aromatic rings. The molecule has 1 atom stereocenters. The van der Waals surface area contributed by atoms with Crippen LogP contribution in [-0.2, 0) is 13.0 Å². The van der Waals surface area contributed by atoms with Crippen LogP contribution in [0, 0.1) is 6.92 Å². The van der Waals surface area contributed by atoms with E-state index in [2.05, 4.69) is 12.2 Å². The number of hydrogen-bond acceptors (Lipinski definition) is 5. The van der Waals surface area contributed by atoms with E-state index in [1.54, 1.807) is 0 Å². The summed E-state index contributed by atoms with van der Waals surface area (Å²) in [5.41, 5.74) is 0.830. The third kappa shape index (κ3) is 3.28. The van der Waals surface area contributed by atoms with Crippen LogP contribution in [-0.4, -0.2) is 46.0 Å². The second kappa shape index (κ2) is 7.66. The Bertz CT molecular complexity index is 891. The zero-order valence-corrected chi connectivity index (χ0v) is 16.8. The second-order valence-electron chi connectivity index (χ2n) is 7.14. The van der Waals surface area contributed by atoms with Crippen molar-refractivity contribution in [2.75, 3.05) is 19.6 Å². The van der Waals surface area contributed by atoms with Crippen molar-refractivity contribution in [1.82, 2.24) is 19.8 Å². The number of carbonyl (C=O) groups excluding carboxylic acids is 1. The van der Waals surface area contributed by atoms with Gasteiger partial charge in [-0.3, -0.25) is 14.2 Å². The van der Waals surface area contributed by atoms with Crippen LogP contribution in [0.2, 0.25) is 0 Å². The molecule has 0 spiro atoms. The molecule has 2 aliphatic heterocycles. The molecule has 8 heteroatoms. The molecule has 6 nitrogen and oxygen atoms in total. The zero-order valence-electron chi connectivity index (χ0n) is 15.2. The van der Waals surface area contributed by atoms with Gasteiger partial charge in [0.05, 0.1) is 10.3 Å². The quantitative estimate of drug-likeness (QED) is 0.803. The summed E-state index contributed by atoms with van der Waals surface area (Å²) in [6.07, 6.45) is 4.08. The van der Waals surface area contributed by atoms with Gasteiger partial charge in [-0.15, -0.1) is 23.7 Å². The fourth-order valence-electron chi connectivity index (χ4n) is 3.87. The Labute approximate surface area is 163 Å². The molecular weight excluding hydrogens is 372 g/mol. The summed E-state index contributed by atoms with van der Waals surface area (Å²) >= 11 is 1.38. The summed E-state index contributed by atoms with van der Waals surface area (Å²) in [6, 6.07) is 0.298. The Morgan fingerprint density at radius 2 is 2.08 bits per heavy atom. The first-order valence-corrected chi connectivity index (χ1v) is 9.93. The first-order chi connectivity index (χ1) is 12.1. The average Bonchev–Trinajstić information content (AvgIpc) is 2.77. The van der Waals surface area contributed by atoms with Crippen molar-refractivity contribution in [1.29, 1.82) is 0 Å². The number of rotatable bonds is 1. The van der Waals surface area contributed by atoms with E-state index in [1.165, 1.54) is 11.3 Å². The molecule has 1 N–H and O–H groups in total. The molecule has 1 unspecified atom stereocenters. The van der Waals surface area contributed by atoms with Crippen molar-refractivity contribution in [2.24, 2.45) is 0 Å². The fraction of sp³-hybridized carbons (Fsp3) is 0.611. The van der Waals surface area contributed by atoms with Crippen molar-refractivity contribution in [3.05, 3.63) is 26.6 Å². The van der Waals surface area contributed by atoms with Crippen LogP contribution < -0.4 is 10.9 Å². The fourth-order valence-corrected chi connectivity index (χ4v) is 5.03. The molecule has 0 aromatic carbocycles. The highest BCUT2D eigenvalue weighted by Gasteiger charge is 2.27. The smallest absolute Gasteiger partial charge is 0.264 e. The van der Waals surface area contributed by atoms with E-state index in [4.69, 9.17) is 4.98 Å². The molecule has 2 aliphatic rings. The molecule has 0 radical (unpaired) electrons. The standard InChI is InChI=1S/C18H24N4O2S.ClH/c1-11-10-21(9-7-19-11)18(24)15-12(2)14-16(25-15)20-13-6-4-3-5-8-22(13)17(14)23;/h11,19H,3-10H2,1-2H3;1H. The van der Waals surface area contributed by atoms with Gasteiger partial charge < -0.3 is 10.2 Å². The van der Waals surface area contributed by atoms with Crippen LogP contribution >= 0.6 is 23.7 Å². The number of fused-ring (bicyclic) bond motifs is 2. The summed E-state index contributed by atoms with van der Waals surface area (Å²) < 4.78 is 1.83. The third-order valence-corrected chi connectivity index (χ3v) is 6.44. The molecule has 4 rings (SSSR count). The lowest BCUT2D eigenvalue weighted by molar-refractivity contribution is 0.0713. The summed E-state index contributed by atoms with van der Waals surface area (Å²) in [7, 11) is 0. The van der Waals surface area contributed by atoms with E-state index >= 15 is 0 Å². The van der Waals surface area contributed by atoms with E-state index in [-0.39, 0.29) is 23.9 Å². The molecule has 2 aromatic heterocycles. The van der Waals surface area contributed by atoms with Gasteiger partial charge in [-0.25, -0.2) is 4.98 Å². The van der Waals surface area contributed by atoms with Gasteiger partial charge in [0.25, 0.3) is 11.5 Å². The number of amides is 1. The first-order valence-electron chi connectivity index (χ1n) is 9.11. The number of piperazine rings is 1. The van der Waals surface area contributed by atoms with Crippen LogP contribution in [0.25, 0.3) is 10.2 Å². The lowest BCUT2D eigenvalue weighted by atomic mass is 10.1. The zero-order chi connectivity index (χ0) is 17.6. The number of hydrogen-bond donors (Lipinski definition) is 1. The molecule has 1 fully saturated rings. The Morgan fingerprint density at radius 3 is 2.85 bits per heavy atom. The maximum Gasteiger partial charge on any atom is 0.264 e. The Hall–Kier alpha value is -1.44. The van der Waals surface area contributed by atoms with Gasteiger partial charge >= 0.3 is 0 Å². The summed E-state index contributed by atoms with van der Waals surface area (Å²) in [5.74, 6) is 0.916. The SMILES string of the molecule is Cc1c(C(=O)N2CCNC(C)C2)sc2nc3n(c(=O)c12)CCCCC3.Cl. The van der Waals surface area contributed by atoms with Gasteiger partial charge in [-0.1, -0.05) is 6.42 Å². The third-order valence-electron chi connectivity index (χ3n) is 5.26. The molecular formula is C18H25ClN4O2S. The molecule has 142 valence electrons. The molecule has 0 saturated carbocycles.